The molecular formula is C19H21FN2O2. The molecular weight excluding hydrogens is 307 g/mol. The Hall–Kier alpha value is -2.69. The van der Waals surface area contributed by atoms with Crippen LogP contribution in [0.2, 0.25) is 0 Å². The Kier molecular flexibility index (Phi) is 6.07. The number of nitrogens with one attached hydrogen (secondary N) is 2. The molecule has 0 radical (unpaired) electrons. The molecule has 2 aromatic carbocycles. The van der Waals surface area contributed by atoms with Crippen LogP contribution in [0.25, 0.3) is 0 Å². The van der Waals surface area contributed by atoms with Gasteiger partial charge in [-0.05, 0) is 32.0 Å². The minimum absolute atomic E-state index is 0.122. The third-order valence-electron chi connectivity index (χ3n) is 3.65. The van der Waals surface area contributed by atoms with E-state index in [1.807, 2.05) is 6.07 Å². The lowest BCUT2D eigenvalue weighted by Crippen LogP contribution is -2.38. The van der Waals surface area contributed by atoms with Crippen LogP contribution in [-0.4, -0.2) is 17.9 Å². The zero-order valence-electron chi connectivity index (χ0n) is 13.8. The number of hydrogen-bond acceptors (Lipinski definition) is 2. The van der Waals surface area contributed by atoms with Gasteiger partial charge in [-0.3, -0.25) is 9.59 Å². The van der Waals surface area contributed by atoms with Gasteiger partial charge in [-0.15, -0.1) is 0 Å². The van der Waals surface area contributed by atoms with Crippen LogP contribution >= 0.6 is 0 Å². The third-order valence-corrected chi connectivity index (χ3v) is 3.65. The Labute approximate surface area is 141 Å². The van der Waals surface area contributed by atoms with Crippen LogP contribution in [0.1, 0.15) is 42.2 Å². The van der Waals surface area contributed by atoms with Crippen molar-refractivity contribution in [3.8, 4) is 0 Å². The maximum absolute atomic E-state index is 13.7. The lowest BCUT2D eigenvalue weighted by molar-refractivity contribution is -0.122. The Morgan fingerprint density at radius 2 is 1.58 bits per heavy atom. The second-order valence-electron chi connectivity index (χ2n) is 5.76. The molecule has 24 heavy (non-hydrogen) atoms. The van der Waals surface area contributed by atoms with E-state index in [2.05, 4.69) is 10.6 Å². The molecule has 0 spiro atoms. The maximum Gasteiger partial charge on any atom is 0.251 e. The number of carbonyl (C=O) groups is 2. The summed E-state index contributed by atoms with van der Waals surface area (Å²) in [7, 11) is 0. The van der Waals surface area contributed by atoms with E-state index in [1.165, 1.54) is 6.07 Å². The van der Waals surface area contributed by atoms with Crippen molar-refractivity contribution in [3.63, 3.8) is 0 Å². The summed E-state index contributed by atoms with van der Waals surface area (Å²) in [5, 5.41) is 5.53. The quantitative estimate of drug-likeness (QED) is 0.855. The fourth-order valence-electron chi connectivity index (χ4n) is 2.43. The summed E-state index contributed by atoms with van der Waals surface area (Å²) in [6.07, 6.45) is 0.122. The van der Waals surface area contributed by atoms with Crippen molar-refractivity contribution < 1.29 is 14.0 Å². The van der Waals surface area contributed by atoms with Gasteiger partial charge in [0.1, 0.15) is 5.82 Å². The molecule has 2 N–H and O–H groups in total. The van der Waals surface area contributed by atoms with E-state index in [1.54, 1.807) is 56.3 Å². The van der Waals surface area contributed by atoms with Gasteiger partial charge in [0, 0.05) is 23.6 Å². The minimum Gasteiger partial charge on any atom is -0.349 e. The first kappa shape index (κ1) is 17.7. The van der Waals surface area contributed by atoms with Gasteiger partial charge in [-0.2, -0.15) is 0 Å². The number of hydrogen-bond donors (Lipinski definition) is 2. The van der Waals surface area contributed by atoms with Gasteiger partial charge in [-0.1, -0.05) is 36.4 Å². The highest BCUT2D eigenvalue weighted by atomic mass is 19.1. The second-order valence-corrected chi connectivity index (χ2v) is 5.76. The number of carbonyl (C=O) groups excluding carboxylic acids is 2. The molecule has 0 aromatic heterocycles. The largest absolute Gasteiger partial charge is 0.349 e. The first-order valence-electron chi connectivity index (χ1n) is 7.87. The van der Waals surface area contributed by atoms with Crippen LogP contribution in [-0.2, 0) is 4.79 Å². The van der Waals surface area contributed by atoms with Gasteiger partial charge >= 0.3 is 0 Å². The van der Waals surface area contributed by atoms with Gasteiger partial charge in [0.2, 0.25) is 5.91 Å². The monoisotopic (exact) mass is 328 g/mol. The average Bonchev–Trinajstić information content (AvgIpc) is 2.55. The van der Waals surface area contributed by atoms with Crippen molar-refractivity contribution in [2.45, 2.75) is 32.4 Å². The molecule has 0 saturated heterocycles. The standard InChI is InChI=1S/C19H21FN2O2/c1-13(21-19(24)15-8-4-3-5-9-15)12-18(23)22-14(2)16-10-6-7-11-17(16)20/h3-11,13-14H,12H2,1-2H3,(H,21,24)(H,22,23). The first-order valence-corrected chi connectivity index (χ1v) is 7.87. The van der Waals surface area contributed by atoms with E-state index in [0.717, 1.165) is 0 Å². The van der Waals surface area contributed by atoms with E-state index >= 15 is 0 Å². The van der Waals surface area contributed by atoms with E-state index in [-0.39, 0.29) is 30.1 Å². The molecule has 2 aromatic rings. The Bertz CT molecular complexity index is 704. The van der Waals surface area contributed by atoms with Crippen LogP contribution in [0.3, 0.4) is 0 Å². The lowest BCUT2D eigenvalue weighted by Gasteiger charge is -2.18. The maximum atomic E-state index is 13.7. The summed E-state index contributed by atoms with van der Waals surface area (Å²) in [6.45, 7) is 3.48. The SMILES string of the molecule is CC(CC(=O)NC(C)c1ccccc1F)NC(=O)c1ccccc1. The molecule has 0 aliphatic carbocycles. The van der Waals surface area contributed by atoms with Crippen molar-refractivity contribution in [2.75, 3.05) is 0 Å². The summed E-state index contributed by atoms with van der Waals surface area (Å²) >= 11 is 0. The van der Waals surface area contributed by atoms with Crippen LogP contribution in [0.5, 0.6) is 0 Å². The summed E-state index contributed by atoms with van der Waals surface area (Å²) in [5.74, 6) is -0.819. The number of halogens is 1. The Balaban J connectivity index is 1.85. The van der Waals surface area contributed by atoms with E-state index in [0.29, 0.717) is 11.1 Å². The summed E-state index contributed by atoms with van der Waals surface area (Å²) in [5.41, 5.74) is 0.983. The van der Waals surface area contributed by atoms with Gasteiger partial charge in [0.25, 0.3) is 5.91 Å². The minimum atomic E-state index is -0.435. The van der Waals surface area contributed by atoms with E-state index in [9.17, 15) is 14.0 Å². The van der Waals surface area contributed by atoms with Gasteiger partial charge in [0.15, 0.2) is 0 Å². The molecule has 2 unspecified atom stereocenters. The van der Waals surface area contributed by atoms with Crippen molar-refractivity contribution in [2.24, 2.45) is 0 Å². The summed E-state index contributed by atoms with van der Waals surface area (Å²) < 4.78 is 13.7. The lowest BCUT2D eigenvalue weighted by atomic mass is 10.1. The van der Waals surface area contributed by atoms with Crippen LogP contribution in [0.15, 0.2) is 54.6 Å². The molecule has 5 heteroatoms. The molecule has 2 atom stereocenters. The van der Waals surface area contributed by atoms with Gasteiger partial charge in [0.05, 0.1) is 6.04 Å². The number of amides is 2. The Morgan fingerprint density at radius 3 is 2.25 bits per heavy atom. The molecule has 0 heterocycles. The van der Waals surface area contributed by atoms with Crippen molar-refractivity contribution in [1.82, 2.24) is 10.6 Å². The molecule has 0 bridgehead atoms. The zero-order valence-corrected chi connectivity index (χ0v) is 13.8. The molecule has 0 aliphatic heterocycles. The predicted octanol–water partition coefficient (Wildman–Crippen LogP) is 3.21. The van der Waals surface area contributed by atoms with Crippen molar-refractivity contribution in [3.05, 3.63) is 71.5 Å². The number of benzene rings is 2. The van der Waals surface area contributed by atoms with Crippen molar-refractivity contribution >= 4 is 11.8 Å². The van der Waals surface area contributed by atoms with E-state index in [4.69, 9.17) is 0 Å². The third kappa shape index (κ3) is 4.91. The zero-order chi connectivity index (χ0) is 17.5. The topological polar surface area (TPSA) is 58.2 Å². The highest BCUT2D eigenvalue weighted by Crippen LogP contribution is 2.16. The van der Waals surface area contributed by atoms with Crippen LogP contribution < -0.4 is 10.6 Å². The molecule has 2 rings (SSSR count). The predicted molar refractivity (Wildman–Crippen MR) is 90.9 cm³/mol. The highest BCUT2D eigenvalue weighted by molar-refractivity contribution is 5.94. The summed E-state index contributed by atoms with van der Waals surface area (Å²) in [4.78, 5) is 24.1. The fraction of sp³-hybridized carbons (Fsp3) is 0.263. The van der Waals surface area contributed by atoms with Crippen LogP contribution in [0.4, 0.5) is 4.39 Å². The molecule has 126 valence electrons. The highest BCUT2D eigenvalue weighted by Gasteiger charge is 2.16. The van der Waals surface area contributed by atoms with E-state index < -0.39 is 6.04 Å². The Morgan fingerprint density at radius 1 is 0.958 bits per heavy atom. The first-order chi connectivity index (χ1) is 11.5. The molecule has 4 nitrogen and oxygen atoms in total. The molecule has 0 fully saturated rings. The van der Waals surface area contributed by atoms with Crippen molar-refractivity contribution in [1.29, 1.82) is 0 Å². The fourth-order valence-corrected chi connectivity index (χ4v) is 2.43. The van der Waals surface area contributed by atoms with Gasteiger partial charge < -0.3 is 10.6 Å². The molecule has 0 aliphatic rings. The average molecular weight is 328 g/mol. The van der Waals surface area contributed by atoms with Crippen LogP contribution in [0, 0.1) is 5.82 Å². The second kappa shape index (κ2) is 8.24. The number of rotatable bonds is 6. The molecule has 2 amide bonds. The smallest absolute Gasteiger partial charge is 0.251 e. The normalized spacial score (nSPS) is 13.0. The summed E-state index contributed by atoms with van der Waals surface area (Å²) in [6, 6.07) is 14.4. The molecule has 0 saturated carbocycles. The van der Waals surface area contributed by atoms with Gasteiger partial charge in [-0.25, -0.2) is 4.39 Å².